The summed E-state index contributed by atoms with van der Waals surface area (Å²) in [6, 6.07) is 0. The first kappa shape index (κ1) is 10.2. The maximum Gasteiger partial charge on any atom is 0.132 e. The fourth-order valence-electron chi connectivity index (χ4n) is 0.709. The van der Waals surface area contributed by atoms with Crippen molar-refractivity contribution < 1.29 is 14.0 Å². The summed E-state index contributed by atoms with van der Waals surface area (Å²) in [4.78, 5) is 10.6. The summed E-state index contributed by atoms with van der Waals surface area (Å²) in [5, 5.41) is 0. The van der Waals surface area contributed by atoms with Gasteiger partial charge in [-0.2, -0.15) is 0 Å². The lowest BCUT2D eigenvalue weighted by Gasteiger charge is -2.23. The van der Waals surface area contributed by atoms with Crippen molar-refractivity contribution in [3.8, 4) is 0 Å². The Morgan fingerprint density at radius 2 is 1.90 bits per heavy atom. The van der Waals surface area contributed by atoms with Gasteiger partial charge in [-0.3, -0.25) is 0 Å². The molecule has 0 bridgehead atoms. The summed E-state index contributed by atoms with van der Waals surface area (Å²) >= 11 is 0. The topological polar surface area (TPSA) is 49.4 Å². The minimum absolute atomic E-state index is 0.131. The maximum atomic E-state index is 10.6. The Balaban J connectivity index is 3.75. The van der Waals surface area contributed by atoms with Crippen molar-refractivity contribution in [3.05, 3.63) is 0 Å². The lowest BCUT2D eigenvalue weighted by molar-refractivity contribution is -0.200. The van der Waals surface area contributed by atoms with Crippen molar-refractivity contribution in [1.82, 2.24) is 0 Å². The average molecular weight is 165 g/mol. The molecule has 0 aliphatic rings. The van der Waals surface area contributed by atoms with E-state index in [4.69, 9.17) is 4.52 Å². The van der Waals surface area contributed by atoms with Crippen molar-refractivity contribution in [3.63, 3.8) is 0 Å². The van der Waals surface area contributed by atoms with E-state index in [1.54, 1.807) is 0 Å². The molecule has 0 aromatic heterocycles. The third kappa shape index (κ3) is 4.98. The zero-order valence-corrected chi connectivity index (χ0v) is 7.56. The van der Waals surface area contributed by atoms with E-state index < -0.39 is 7.60 Å². The van der Waals surface area contributed by atoms with E-state index in [0.29, 0.717) is 0 Å². The molecule has 0 amide bonds. The Morgan fingerprint density at radius 1 is 1.50 bits per heavy atom. The van der Waals surface area contributed by atoms with E-state index in [2.05, 4.69) is 0 Å². The van der Waals surface area contributed by atoms with Crippen LogP contribution in [0.5, 0.6) is 0 Å². The maximum absolute atomic E-state index is 10.6. The third-order valence-corrected chi connectivity index (χ3v) is 1.93. The Labute approximate surface area is 61.9 Å². The minimum Gasteiger partial charge on any atom is -0.779 e. The monoisotopic (exact) mass is 165 g/mol. The summed E-state index contributed by atoms with van der Waals surface area (Å²) in [6.07, 6.45) is 1.36. The van der Waals surface area contributed by atoms with Crippen molar-refractivity contribution in [1.29, 1.82) is 0 Å². The van der Waals surface area contributed by atoms with Gasteiger partial charge in [0.1, 0.15) is 7.60 Å². The third-order valence-electron chi connectivity index (χ3n) is 1.25. The highest BCUT2D eigenvalue weighted by atomic mass is 31.2. The highest BCUT2D eigenvalue weighted by Crippen LogP contribution is 2.34. The molecule has 0 heterocycles. The Kier molecular flexibility index (Phi) is 4.18. The standard InChI is InChI=1S/C6H15O3P/c1-4-6(5-2)9-10(3,7)8/h6H,4-5H2,1-3H3,(H,7,8)/p-1. The van der Waals surface area contributed by atoms with Crippen LogP contribution in [0.2, 0.25) is 0 Å². The largest absolute Gasteiger partial charge is 0.779 e. The van der Waals surface area contributed by atoms with Gasteiger partial charge in [-0.25, -0.2) is 0 Å². The van der Waals surface area contributed by atoms with Crippen LogP contribution in [0.4, 0.5) is 0 Å². The Bertz CT molecular complexity index is 125. The molecule has 0 saturated carbocycles. The number of rotatable bonds is 4. The van der Waals surface area contributed by atoms with Crippen molar-refractivity contribution in [2.45, 2.75) is 32.8 Å². The van der Waals surface area contributed by atoms with Crippen LogP contribution in [0.15, 0.2) is 0 Å². The molecule has 0 radical (unpaired) electrons. The molecule has 0 spiro atoms. The molecule has 0 aliphatic carbocycles. The second-order valence-corrected chi connectivity index (χ2v) is 4.07. The molecule has 0 saturated heterocycles. The van der Waals surface area contributed by atoms with Crippen molar-refractivity contribution in [2.75, 3.05) is 6.66 Å². The van der Waals surface area contributed by atoms with Crippen molar-refractivity contribution >= 4 is 7.60 Å². The van der Waals surface area contributed by atoms with Crippen molar-refractivity contribution in [2.24, 2.45) is 0 Å². The first-order valence-corrected chi connectivity index (χ1v) is 5.45. The zero-order chi connectivity index (χ0) is 8.20. The van der Waals surface area contributed by atoms with E-state index in [0.717, 1.165) is 19.5 Å². The molecular weight excluding hydrogens is 151 g/mol. The highest BCUT2D eigenvalue weighted by Gasteiger charge is 2.07. The molecule has 0 N–H and O–H groups in total. The summed E-state index contributed by atoms with van der Waals surface area (Å²) in [5.41, 5.74) is 0. The molecule has 3 nitrogen and oxygen atoms in total. The smallest absolute Gasteiger partial charge is 0.132 e. The van der Waals surface area contributed by atoms with Crippen LogP contribution in [-0.2, 0) is 9.09 Å². The van der Waals surface area contributed by atoms with Crippen LogP contribution in [0.25, 0.3) is 0 Å². The minimum atomic E-state index is -3.50. The molecular formula is C6H14O3P-. The molecule has 10 heavy (non-hydrogen) atoms. The predicted octanol–water partition coefficient (Wildman–Crippen LogP) is 1.37. The molecule has 4 heteroatoms. The van der Waals surface area contributed by atoms with Gasteiger partial charge in [0.15, 0.2) is 0 Å². The van der Waals surface area contributed by atoms with Crippen LogP contribution in [-0.4, -0.2) is 12.8 Å². The predicted molar refractivity (Wildman–Crippen MR) is 39.0 cm³/mol. The molecule has 0 fully saturated rings. The number of hydrogen-bond donors (Lipinski definition) is 0. The molecule has 1 atom stereocenters. The molecule has 1 unspecified atom stereocenters. The van der Waals surface area contributed by atoms with E-state index in [1.165, 1.54) is 0 Å². The van der Waals surface area contributed by atoms with E-state index >= 15 is 0 Å². The van der Waals surface area contributed by atoms with Crippen LogP contribution >= 0.6 is 7.60 Å². The molecule has 0 aromatic carbocycles. The Morgan fingerprint density at radius 3 is 2.00 bits per heavy atom. The molecule has 0 aliphatic heterocycles. The van der Waals surface area contributed by atoms with E-state index in [1.807, 2.05) is 13.8 Å². The van der Waals surface area contributed by atoms with Gasteiger partial charge in [-0.15, -0.1) is 0 Å². The average Bonchev–Trinajstić information content (AvgIpc) is 1.81. The first-order chi connectivity index (χ1) is 4.49. The summed E-state index contributed by atoms with van der Waals surface area (Å²) in [5.74, 6) is 0. The number of hydrogen-bond acceptors (Lipinski definition) is 3. The zero-order valence-electron chi connectivity index (χ0n) is 6.66. The van der Waals surface area contributed by atoms with Gasteiger partial charge in [-0.1, -0.05) is 13.8 Å². The Hall–Kier alpha value is 0.150. The van der Waals surface area contributed by atoms with Crippen LogP contribution in [0.1, 0.15) is 26.7 Å². The van der Waals surface area contributed by atoms with Crippen LogP contribution < -0.4 is 4.89 Å². The van der Waals surface area contributed by atoms with Gasteiger partial charge in [0, 0.05) is 6.66 Å². The van der Waals surface area contributed by atoms with Crippen LogP contribution in [0, 0.1) is 0 Å². The van der Waals surface area contributed by atoms with Gasteiger partial charge in [0.05, 0.1) is 6.10 Å². The quantitative estimate of drug-likeness (QED) is 0.591. The van der Waals surface area contributed by atoms with Gasteiger partial charge in [-0.05, 0) is 12.8 Å². The molecule has 0 aromatic rings. The van der Waals surface area contributed by atoms with Crippen LogP contribution in [0.3, 0.4) is 0 Å². The summed E-state index contributed by atoms with van der Waals surface area (Å²) in [6.45, 7) is 4.92. The van der Waals surface area contributed by atoms with Gasteiger partial charge in [0.25, 0.3) is 0 Å². The lowest BCUT2D eigenvalue weighted by Crippen LogP contribution is -2.13. The second kappa shape index (κ2) is 4.12. The van der Waals surface area contributed by atoms with E-state index in [-0.39, 0.29) is 6.10 Å². The first-order valence-electron chi connectivity index (χ1n) is 3.46. The lowest BCUT2D eigenvalue weighted by atomic mass is 10.2. The SMILES string of the molecule is CCC(CC)OP(C)(=O)[O-]. The van der Waals surface area contributed by atoms with Gasteiger partial charge < -0.3 is 14.0 Å². The molecule has 62 valence electrons. The fourth-order valence-corrected chi connectivity index (χ4v) is 1.55. The normalized spacial score (nSPS) is 17.3. The summed E-state index contributed by atoms with van der Waals surface area (Å²) in [7, 11) is -3.50. The molecule has 0 rings (SSSR count). The highest BCUT2D eigenvalue weighted by molar-refractivity contribution is 7.50. The van der Waals surface area contributed by atoms with E-state index in [9.17, 15) is 9.46 Å². The second-order valence-electron chi connectivity index (χ2n) is 2.32. The van der Waals surface area contributed by atoms with Gasteiger partial charge >= 0.3 is 0 Å². The fraction of sp³-hybridized carbons (Fsp3) is 1.00. The summed E-state index contributed by atoms with van der Waals surface area (Å²) < 4.78 is 15.3. The van der Waals surface area contributed by atoms with Gasteiger partial charge in [0.2, 0.25) is 0 Å².